The predicted molar refractivity (Wildman–Crippen MR) is 149 cm³/mol. The van der Waals surface area contributed by atoms with Gasteiger partial charge in [0.25, 0.3) is 0 Å². The highest BCUT2D eigenvalue weighted by Gasteiger charge is 2.17. The number of phenols is 1. The molecule has 0 saturated heterocycles. The molecule has 0 aliphatic heterocycles. The molecule has 3 heterocycles. The van der Waals surface area contributed by atoms with E-state index in [1.165, 1.54) is 11.1 Å². The van der Waals surface area contributed by atoms with Gasteiger partial charge < -0.3 is 9.67 Å². The first-order valence-electron chi connectivity index (χ1n) is 12.2. The zero-order valence-corrected chi connectivity index (χ0v) is 21.0. The molecule has 5 nitrogen and oxygen atoms in total. The lowest BCUT2D eigenvalue weighted by molar-refractivity contribution is 0.476. The second-order valence-corrected chi connectivity index (χ2v) is 9.40. The molecule has 0 unspecified atom stereocenters. The van der Waals surface area contributed by atoms with Crippen molar-refractivity contribution in [3.05, 3.63) is 109 Å². The summed E-state index contributed by atoms with van der Waals surface area (Å²) in [4.78, 5) is 14.2. The molecule has 3 aromatic carbocycles. The number of nitrogens with zero attached hydrogens (tertiary/aromatic N) is 4. The SMILES string of the molecule is Cc1ccc(O)c(-c2nc3c(-c4cccc(-c5cc(-c6ccccc6)c(C)cn5)c4)cncc3n2C)c1. The number of phenolic OH excluding ortho intramolecular Hbond substituents is 1. The molecule has 0 saturated carbocycles. The maximum Gasteiger partial charge on any atom is 0.144 e. The standard InChI is InChI=1S/C32H26N4O/c1-20-12-13-30(37)26(14-20)32-35-31-27(18-33-19-29(31)36(32)3)23-10-7-11-24(15-23)28-16-25(21(2)17-34-28)22-8-5-4-6-9-22/h4-19,37H,1-3H3. The van der Waals surface area contributed by atoms with E-state index in [0.29, 0.717) is 11.4 Å². The van der Waals surface area contributed by atoms with E-state index >= 15 is 0 Å². The van der Waals surface area contributed by atoms with E-state index in [9.17, 15) is 5.11 Å². The summed E-state index contributed by atoms with van der Waals surface area (Å²) >= 11 is 0. The van der Waals surface area contributed by atoms with Crippen LogP contribution in [0.3, 0.4) is 0 Å². The highest BCUT2D eigenvalue weighted by molar-refractivity contribution is 5.94. The lowest BCUT2D eigenvalue weighted by Gasteiger charge is -2.10. The summed E-state index contributed by atoms with van der Waals surface area (Å²) < 4.78 is 1.98. The van der Waals surface area contributed by atoms with E-state index in [1.54, 1.807) is 6.07 Å². The third-order valence-electron chi connectivity index (χ3n) is 6.85. The number of benzene rings is 3. The monoisotopic (exact) mass is 482 g/mol. The van der Waals surface area contributed by atoms with E-state index in [0.717, 1.165) is 44.5 Å². The Morgan fingerprint density at radius 3 is 2.32 bits per heavy atom. The fraction of sp³-hybridized carbons (Fsp3) is 0.0938. The van der Waals surface area contributed by atoms with Gasteiger partial charge in [-0.1, -0.05) is 60.2 Å². The molecule has 0 fully saturated rings. The lowest BCUT2D eigenvalue weighted by Crippen LogP contribution is -1.93. The molecule has 180 valence electrons. The Kier molecular flexibility index (Phi) is 5.53. The van der Waals surface area contributed by atoms with Crippen molar-refractivity contribution in [2.45, 2.75) is 13.8 Å². The zero-order chi connectivity index (χ0) is 25.5. The maximum absolute atomic E-state index is 10.5. The maximum atomic E-state index is 10.5. The van der Waals surface area contributed by atoms with Crippen LogP contribution in [0.2, 0.25) is 0 Å². The Hall–Kier alpha value is -4.77. The number of aromatic hydroxyl groups is 1. The Labute approximate surface area is 215 Å². The number of pyridine rings is 2. The van der Waals surface area contributed by atoms with Gasteiger partial charge in [-0.3, -0.25) is 9.97 Å². The van der Waals surface area contributed by atoms with Gasteiger partial charge in [0.1, 0.15) is 17.1 Å². The summed E-state index contributed by atoms with van der Waals surface area (Å²) in [6.07, 6.45) is 5.61. The van der Waals surface area contributed by atoms with Crippen LogP contribution in [0.15, 0.2) is 97.5 Å². The highest BCUT2D eigenvalue weighted by atomic mass is 16.3. The van der Waals surface area contributed by atoms with Crippen LogP contribution in [0.1, 0.15) is 11.1 Å². The van der Waals surface area contributed by atoms with Crippen molar-refractivity contribution in [2.24, 2.45) is 7.05 Å². The molecule has 0 spiro atoms. The molecule has 0 aliphatic rings. The van der Waals surface area contributed by atoms with Gasteiger partial charge in [0.05, 0.1) is 23.0 Å². The van der Waals surface area contributed by atoms with E-state index in [2.05, 4.69) is 60.4 Å². The normalized spacial score (nSPS) is 11.2. The van der Waals surface area contributed by atoms with Crippen molar-refractivity contribution in [1.29, 1.82) is 0 Å². The summed E-state index contributed by atoms with van der Waals surface area (Å²) in [7, 11) is 1.95. The molecular weight excluding hydrogens is 456 g/mol. The van der Waals surface area contributed by atoms with Crippen molar-refractivity contribution in [1.82, 2.24) is 19.5 Å². The van der Waals surface area contributed by atoms with Gasteiger partial charge in [0.15, 0.2) is 0 Å². The number of hydrogen-bond donors (Lipinski definition) is 1. The molecule has 6 rings (SSSR count). The lowest BCUT2D eigenvalue weighted by atomic mass is 9.98. The molecule has 0 aliphatic carbocycles. The molecule has 0 atom stereocenters. The number of imidazole rings is 1. The Morgan fingerprint density at radius 1 is 0.703 bits per heavy atom. The van der Waals surface area contributed by atoms with Crippen LogP contribution < -0.4 is 0 Å². The minimum absolute atomic E-state index is 0.208. The van der Waals surface area contributed by atoms with Gasteiger partial charge in [0, 0.05) is 30.6 Å². The molecule has 5 heteroatoms. The Bertz CT molecular complexity index is 1770. The van der Waals surface area contributed by atoms with Crippen LogP contribution in [0.5, 0.6) is 5.75 Å². The quantitative estimate of drug-likeness (QED) is 0.285. The highest BCUT2D eigenvalue weighted by Crippen LogP contribution is 2.36. The number of rotatable bonds is 4. The van der Waals surface area contributed by atoms with Crippen LogP contribution >= 0.6 is 0 Å². The second kappa shape index (κ2) is 9.03. The number of aryl methyl sites for hydroxylation is 3. The van der Waals surface area contributed by atoms with E-state index in [1.807, 2.05) is 61.4 Å². The van der Waals surface area contributed by atoms with Crippen LogP contribution in [0.4, 0.5) is 0 Å². The molecule has 0 bridgehead atoms. The number of aromatic nitrogens is 4. The van der Waals surface area contributed by atoms with Crippen molar-refractivity contribution >= 4 is 11.0 Å². The van der Waals surface area contributed by atoms with Gasteiger partial charge >= 0.3 is 0 Å². The molecule has 3 aromatic heterocycles. The number of fused-ring (bicyclic) bond motifs is 1. The van der Waals surface area contributed by atoms with E-state index in [4.69, 9.17) is 9.97 Å². The first-order chi connectivity index (χ1) is 18.0. The molecular formula is C32H26N4O. The predicted octanol–water partition coefficient (Wildman–Crippen LogP) is 7.35. The molecule has 1 N–H and O–H groups in total. The van der Waals surface area contributed by atoms with Gasteiger partial charge in [-0.2, -0.15) is 0 Å². The van der Waals surface area contributed by atoms with E-state index < -0.39 is 0 Å². The third-order valence-corrected chi connectivity index (χ3v) is 6.85. The third kappa shape index (κ3) is 4.04. The largest absolute Gasteiger partial charge is 0.507 e. The zero-order valence-electron chi connectivity index (χ0n) is 21.0. The molecule has 0 radical (unpaired) electrons. The average molecular weight is 483 g/mol. The van der Waals surface area contributed by atoms with Crippen molar-refractivity contribution in [2.75, 3.05) is 0 Å². The van der Waals surface area contributed by atoms with E-state index in [-0.39, 0.29) is 5.75 Å². The van der Waals surface area contributed by atoms with Gasteiger partial charge in [0.2, 0.25) is 0 Å². The second-order valence-electron chi connectivity index (χ2n) is 9.40. The molecule has 0 amide bonds. The Balaban J connectivity index is 1.47. The average Bonchev–Trinajstić information content (AvgIpc) is 3.27. The van der Waals surface area contributed by atoms with Gasteiger partial charge in [-0.25, -0.2) is 4.98 Å². The minimum atomic E-state index is 0.208. The van der Waals surface area contributed by atoms with Gasteiger partial charge in [-0.15, -0.1) is 0 Å². The fourth-order valence-corrected chi connectivity index (χ4v) is 4.84. The summed E-state index contributed by atoms with van der Waals surface area (Å²) in [6.45, 7) is 4.10. The summed E-state index contributed by atoms with van der Waals surface area (Å²) in [5.41, 5.74) is 10.9. The fourth-order valence-electron chi connectivity index (χ4n) is 4.84. The van der Waals surface area contributed by atoms with Crippen molar-refractivity contribution in [3.8, 4) is 50.6 Å². The number of hydrogen-bond acceptors (Lipinski definition) is 4. The topological polar surface area (TPSA) is 63.8 Å². The summed E-state index contributed by atoms with van der Waals surface area (Å²) in [5.74, 6) is 0.912. The van der Waals surface area contributed by atoms with Crippen LogP contribution in [-0.4, -0.2) is 24.6 Å². The smallest absolute Gasteiger partial charge is 0.144 e. The van der Waals surface area contributed by atoms with Crippen molar-refractivity contribution < 1.29 is 5.11 Å². The molecule has 6 aromatic rings. The first kappa shape index (κ1) is 22.7. The Morgan fingerprint density at radius 2 is 1.49 bits per heavy atom. The summed E-state index contributed by atoms with van der Waals surface area (Å²) in [5, 5.41) is 10.5. The first-order valence-corrected chi connectivity index (χ1v) is 12.2. The van der Waals surface area contributed by atoms with Crippen LogP contribution in [0.25, 0.3) is 55.9 Å². The summed E-state index contributed by atoms with van der Waals surface area (Å²) in [6, 6.07) is 26.4. The van der Waals surface area contributed by atoms with Crippen molar-refractivity contribution in [3.63, 3.8) is 0 Å². The molecule has 37 heavy (non-hydrogen) atoms. The minimum Gasteiger partial charge on any atom is -0.507 e. The van der Waals surface area contributed by atoms with Crippen LogP contribution in [0, 0.1) is 13.8 Å². The van der Waals surface area contributed by atoms with Gasteiger partial charge in [-0.05, 0) is 60.4 Å². The van der Waals surface area contributed by atoms with Crippen LogP contribution in [-0.2, 0) is 7.05 Å².